The minimum Gasteiger partial charge on any atom is -0.236 e. The molecule has 0 saturated carbocycles. The Labute approximate surface area is 331 Å². The van der Waals surface area contributed by atoms with Crippen LogP contribution >= 0.6 is 22.7 Å². The van der Waals surface area contributed by atoms with Crippen LogP contribution in [-0.2, 0) is 0 Å². The molecule has 56 heavy (non-hydrogen) atoms. The van der Waals surface area contributed by atoms with E-state index in [0.29, 0.717) is 17.5 Å². The minimum absolute atomic E-state index is 0.640. The molecule has 11 rings (SSSR count). The molecule has 0 aliphatic rings. The van der Waals surface area contributed by atoms with E-state index in [1.165, 1.54) is 36.0 Å². The first-order valence-corrected chi connectivity index (χ1v) is 20.2. The number of thiazole rings is 1. The topological polar surface area (TPSA) is 51.6 Å². The monoisotopic (exact) mass is 750 g/mol. The van der Waals surface area contributed by atoms with Crippen molar-refractivity contribution in [2.75, 3.05) is 0 Å². The van der Waals surface area contributed by atoms with Gasteiger partial charge in [0.15, 0.2) is 17.5 Å². The molecule has 0 spiro atoms. The standard InChI is InChI=1S/C50H30N4S2/c1-4-13-31(14-5-1)34-19-10-21-37(27-34)48-52-47(32-15-6-2-7-16-32)53-49(54-48)40-23-11-20-35-28-36(25-26-38(35)40)39-22-12-24-43-46(39)41-29-42-45(30-44(41)55-43)56-50(51-42)33-17-8-3-9-18-33/h1-30H. The zero-order chi connectivity index (χ0) is 37.0. The van der Waals surface area contributed by atoms with Crippen molar-refractivity contribution in [3.63, 3.8) is 0 Å². The number of aromatic nitrogens is 4. The Morgan fingerprint density at radius 2 is 0.964 bits per heavy atom. The first-order chi connectivity index (χ1) is 27.7. The SMILES string of the molecule is c1ccc(-c2cccc(-c3nc(-c4ccccc4)nc(-c4cccc5cc(-c6cccc7sc8cc9sc(-c%10ccccc%10)nc9cc8c67)ccc45)n3)c2)cc1. The van der Waals surface area contributed by atoms with Gasteiger partial charge in [0.1, 0.15) is 5.01 Å². The lowest BCUT2D eigenvalue weighted by molar-refractivity contribution is 1.08. The number of nitrogens with zero attached hydrogens (tertiary/aromatic N) is 4. The molecular weight excluding hydrogens is 721 g/mol. The summed E-state index contributed by atoms with van der Waals surface area (Å²) in [7, 11) is 0. The van der Waals surface area contributed by atoms with Crippen LogP contribution in [0, 0.1) is 0 Å². The summed E-state index contributed by atoms with van der Waals surface area (Å²) in [5.74, 6) is 1.93. The highest BCUT2D eigenvalue weighted by molar-refractivity contribution is 7.26. The predicted molar refractivity (Wildman–Crippen MR) is 236 cm³/mol. The molecule has 0 bridgehead atoms. The number of hydrogen-bond donors (Lipinski definition) is 0. The molecule has 262 valence electrons. The maximum atomic E-state index is 5.15. The van der Waals surface area contributed by atoms with Crippen molar-refractivity contribution >= 4 is 63.8 Å². The summed E-state index contributed by atoms with van der Waals surface area (Å²) < 4.78 is 3.76. The van der Waals surface area contributed by atoms with E-state index in [0.717, 1.165) is 54.7 Å². The van der Waals surface area contributed by atoms with Gasteiger partial charge in [-0.15, -0.1) is 22.7 Å². The van der Waals surface area contributed by atoms with Crippen molar-refractivity contribution in [1.82, 2.24) is 19.9 Å². The zero-order valence-electron chi connectivity index (χ0n) is 29.9. The maximum absolute atomic E-state index is 5.15. The molecule has 0 fully saturated rings. The predicted octanol–water partition coefficient (Wildman–Crippen LogP) is 14.0. The van der Waals surface area contributed by atoms with Crippen LogP contribution in [0.25, 0.3) is 108 Å². The summed E-state index contributed by atoms with van der Waals surface area (Å²) >= 11 is 3.61. The van der Waals surface area contributed by atoms with Gasteiger partial charge in [-0.3, -0.25) is 0 Å². The molecule has 4 nitrogen and oxygen atoms in total. The molecule has 0 amide bonds. The van der Waals surface area contributed by atoms with Crippen LogP contribution in [0.4, 0.5) is 0 Å². The Bertz CT molecular complexity index is 3240. The van der Waals surface area contributed by atoms with E-state index in [9.17, 15) is 0 Å². The average Bonchev–Trinajstić information content (AvgIpc) is 3.86. The molecule has 0 unspecified atom stereocenters. The Morgan fingerprint density at radius 3 is 1.77 bits per heavy atom. The van der Waals surface area contributed by atoms with Gasteiger partial charge in [0, 0.05) is 42.4 Å². The second kappa shape index (κ2) is 13.5. The van der Waals surface area contributed by atoms with Gasteiger partial charge in [0.05, 0.1) is 10.2 Å². The first-order valence-electron chi connectivity index (χ1n) is 18.5. The molecule has 3 aromatic heterocycles. The molecular formula is C50H30N4S2. The lowest BCUT2D eigenvalue weighted by atomic mass is 9.95. The molecule has 0 N–H and O–H groups in total. The average molecular weight is 751 g/mol. The number of rotatable bonds is 6. The van der Waals surface area contributed by atoms with Gasteiger partial charge < -0.3 is 0 Å². The van der Waals surface area contributed by atoms with Crippen LogP contribution in [-0.4, -0.2) is 19.9 Å². The minimum atomic E-state index is 0.640. The Kier molecular flexibility index (Phi) is 7.83. The van der Waals surface area contributed by atoms with Crippen LogP contribution in [0.15, 0.2) is 182 Å². The van der Waals surface area contributed by atoms with E-state index in [1.807, 2.05) is 41.7 Å². The molecule has 0 aliphatic carbocycles. The fourth-order valence-electron chi connectivity index (χ4n) is 7.65. The molecule has 0 atom stereocenters. The molecule has 8 aromatic carbocycles. The van der Waals surface area contributed by atoms with Gasteiger partial charge in [-0.2, -0.15) is 0 Å². The Hall–Kier alpha value is -6.86. The second-order valence-electron chi connectivity index (χ2n) is 13.8. The molecule has 6 heteroatoms. The fourth-order valence-corrected chi connectivity index (χ4v) is 9.87. The van der Waals surface area contributed by atoms with E-state index < -0.39 is 0 Å². The summed E-state index contributed by atoms with van der Waals surface area (Å²) in [6.07, 6.45) is 0. The van der Waals surface area contributed by atoms with Crippen molar-refractivity contribution in [3.05, 3.63) is 182 Å². The van der Waals surface area contributed by atoms with Gasteiger partial charge in [-0.05, 0) is 63.4 Å². The van der Waals surface area contributed by atoms with Crippen molar-refractivity contribution in [3.8, 4) is 67.0 Å². The highest BCUT2D eigenvalue weighted by atomic mass is 32.1. The van der Waals surface area contributed by atoms with Crippen molar-refractivity contribution < 1.29 is 0 Å². The van der Waals surface area contributed by atoms with Gasteiger partial charge in [-0.25, -0.2) is 19.9 Å². The van der Waals surface area contributed by atoms with E-state index >= 15 is 0 Å². The molecule has 0 radical (unpaired) electrons. The maximum Gasteiger partial charge on any atom is 0.164 e. The third-order valence-corrected chi connectivity index (χ3v) is 12.5. The van der Waals surface area contributed by atoms with Gasteiger partial charge in [0.25, 0.3) is 0 Å². The molecule has 0 saturated heterocycles. The first kappa shape index (κ1) is 32.6. The van der Waals surface area contributed by atoms with Crippen LogP contribution in [0.3, 0.4) is 0 Å². The quantitative estimate of drug-likeness (QED) is 0.170. The third kappa shape index (κ3) is 5.75. The Morgan fingerprint density at radius 1 is 0.321 bits per heavy atom. The van der Waals surface area contributed by atoms with Crippen molar-refractivity contribution in [2.45, 2.75) is 0 Å². The van der Waals surface area contributed by atoms with Crippen LogP contribution in [0.2, 0.25) is 0 Å². The van der Waals surface area contributed by atoms with Crippen molar-refractivity contribution in [1.29, 1.82) is 0 Å². The van der Waals surface area contributed by atoms with Crippen LogP contribution < -0.4 is 0 Å². The normalized spacial score (nSPS) is 11.6. The van der Waals surface area contributed by atoms with E-state index in [2.05, 4.69) is 152 Å². The molecule has 3 heterocycles. The summed E-state index contributed by atoms with van der Waals surface area (Å²) in [5.41, 5.74) is 9.69. The van der Waals surface area contributed by atoms with Crippen molar-refractivity contribution in [2.24, 2.45) is 0 Å². The van der Waals surface area contributed by atoms with Gasteiger partial charge >= 0.3 is 0 Å². The zero-order valence-corrected chi connectivity index (χ0v) is 31.6. The Balaban J connectivity index is 1.03. The number of hydrogen-bond acceptors (Lipinski definition) is 6. The summed E-state index contributed by atoms with van der Waals surface area (Å²) in [6, 6.07) is 63.9. The van der Waals surface area contributed by atoms with E-state index in [4.69, 9.17) is 19.9 Å². The third-order valence-electron chi connectivity index (χ3n) is 10.4. The highest BCUT2D eigenvalue weighted by Gasteiger charge is 2.18. The summed E-state index contributed by atoms with van der Waals surface area (Å²) in [5, 5.41) is 5.78. The van der Waals surface area contributed by atoms with E-state index in [-0.39, 0.29) is 0 Å². The lowest BCUT2D eigenvalue weighted by Gasteiger charge is -2.12. The summed E-state index contributed by atoms with van der Waals surface area (Å²) in [6.45, 7) is 0. The molecule has 0 aliphatic heterocycles. The van der Waals surface area contributed by atoms with E-state index in [1.54, 1.807) is 11.3 Å². The largest absolute Gasteiger partial charge is 0.236 e. The smallest absolute Gasteiger partial charge is 0.164 e. The number of thiophene rings is 1. The lowest BCUT2D eigenvalue weighted by Crippen LogP contribution is -2.00. The second-order valence-corrected chi connectivity index (χ2v) is 16.0. The van der Waals surface area contributed by atoms with Gasteiger partial charge in [0.2, 0.25) is 0 Å². The summed E-state index contributed by atoms with van der Waals surface area (Å²) in [4.78, 5) is 20.4. The van der Waals surface area contributed by atoms with Gasteiger partial charge in [-0.1, -0.05) is 152 Å². The molecule has 11 aromatic rings. The number of fused-ring (bicyclic) bond motifs is 5. The fraction of sp³-hybridized carbons (Fsp3) is 0. The van der Waals surface area contributed by atoms with Crippen LogP contribution in [0.5, 0.6) is 0 Å². The van der Waals surface area contributed by atoms with Crippen LogP contribution in [0.1, 0.15) is 0 Å². The highest BCUT2D eigenvalue weighted by Crippen LogP contribution is 2.44. The number of benzene rings is 8.